The molecule has 128 valence electrons. The minimum atomic E-state index is -3.19. The minimum absolute atomic E-state index is 0.0128. The molecule has 0 N–H and O–H groups in total. The Balaban J connectivity index is 2.34. The van der Waals surface area contributed by atoms with Gasteiger partial charge in [-0.15, -0.1) is 0 Å². The van der Waals surface area contributed by atoms with Gasteiger partial charge in [0.1, 0.15) is 15.6 Å². The fourth-order valence-corrected chi connectivity index (χ4v) is 4.22. The Morgan fingerprint density at radius 1 is 1.35 bits per heavy atom. The average molecular weight is 341 g/mol. The molecule has 1 atom stereocenters. The van der Waals surface area contributed by atoms with Gasteiger partial charge in [-0.25, -0.2) is 8.42 Å². The van der Waals surface area contributed by atoms with Gasteiger partial charge in [-0.3, -0.25) is 9.59 Å². The number of sulfone groups is 1. The van der Waals surface area contributed by atoms with Crippen molar-refractivity contribution in [2.45, 2.75) is 46.1 Å². The third-order valence-corrected chi connectivity index (χ3v) is 5.27. The third kappa shape index (κ3) is 3.65. The van der Waals surface area contributed by atoms with E-state index in [0.717, 1.165) is 12.7 Å². The Labute approximate surface area is 136 Å². The first-order chi connectivity index (χ1) is 10.7. The van der Waals surface area contributed by atoms with E-state index in [1.54, 1.807) is 20.8 Å². The van der Waals surface area contributed by atoms with Crippen molar-refractivity contribution in [3.63, 3.8) is 0 Å². The molecule has 0 saturated heterocycles. The molecule has 1 aromatic rings. The number of hydrogen-bond acceptors (Lipinski definition) is 5. The van der Waals surface area contributed by atoms with Crippen molar-refractivity contribution >= 4 is 21.5 Å². The first kappa shape index (κ1) is 17.7. The number of fused-ring (bicyclic) bond motifs is 1. The van der Waals surface area contributed by atoms with Crippen LogP contribution in [0.5, 0.6) is 0 Å². The lowest BCUT2D eigenvalue weighted by Gasteiger charge is -2.26. The summed E-state index contributed by atoms with van der Waals surface area (Å²) in [4.78, 5) is 26.3. The zero-order valence-electron chi connectivity index (χ0n) is 14.0. The number of amides is 1. The molecular weight excluding hydrogens is 318 g/mol. The Hall–Kier alpha value is -1.63. The van der Waals surface area contributed by atoms with Gasteiger partial charge >= 0.3 is 0 Å². The van der Waals surface area contributed by atoms with Crippen LogP contribution in [0.15, 0.2) is 4.42 Å². The van der Waals surface area contributed by atoms with Crippen LogP contribution in [0.4, 0.5) is 0 Å². The standard InChI is InChI=1S/C16H23NO5S/c1-5-17(10(2)9-23(4,20)21)16(19)15-11(3)14-12(18)7-6-8-13(14)22-15/h10H,5-9H2,1-4H3/t10-/m0/s1. The number of carbonyl (C=O) groups is 2. The predicted octanol–water partition coefficient (Wildman–Crippen LogP) is 2.00. The van der Waals surface area contributed by atoms with E-state index in [1.165, 1.54) is 4.90 Å². The molecule has 1 aliphatic rings. The minimum Gasteiger partial charge on any atom is -0.455 e. The zero-order chi connectivity index (χ0) is 17.4. The van der Waals surface area contributed by atoms with Crippen LogP contribution in [0.3, 0.4) is 0 Å². The number of aryl methyl sites for hydroxylation is 1. The van der Waals surface area contributed by atoms with Crippen LogP contribution in [0.2, 0.25) is 0 Å². The molecule has 7 heteroatoms. The van der Waals surface area contributed by atoms with Crippen molar-refractivity contribution < 1.29 is 22.4 Å². The third-order valence-electron chi connectivity index (χ3n) is 4.18. The molecule has 0 aromatic carbocycles. The Kier molecular flexibility index (Phi) is 4.98. The monoisotopic (exact) mass is 341 g/mol. The molecule has 0 saturated carbocycles. The van der Waals surface area contributed by atoms with Crippen LogP contribution < -0.4 is 0 Å². The van der Waals surface area contributed by atoms with Gasteiger partial charge in [0.05, 0.1) is 11.3 Å². The molecule has 0 radical (unpaired) electrons. The first-order valence-corrected chi connectivity index (χ1v) is 9.86. The van der Waals surface area contributed by atoms with Crippen molar-refractivity contribution in [2.24, 2.45) is 0 Å². The molecule has 1 amide bonds. The highest BCUT2D eigenvalue weighted by molar-refractivity contribution is 7.90. The lowest BCUT2D eigenvalue weighted by atomic mass is 9.94. The maximum absolute atomic E-state index is 12.8. The lowest BCUT2D eigenvalue weighted by Crippen LogP contribution is -2.42. The smallest absolute Gasteiger partial charge is 0.290 e. The van der Waals surface area contributed by atoms with E-state index in [9.17, 15) is 18.0 Å². The van der Waals surface area contributed by atoms with Gasteiger partial charge in [-0.2, -0.15) is 0 Å². The zero-order valence-corrected chi connectivity index (χ0v) is 14.8. The molecule has 1 aliphatic carbocycles. The van der Waals surface area contributed by atoms with Crippen molar-refractivity contribution in [3.05, 3.63) is 22.6 Å². The quantitative estimate of drug-likeness (QED) is 0.818. The van der Waals surface area contributed by atoms with E-state index in [0.29, 0.717) is 36.3 Å². The normalized spacial score (nSPS) is 16.1. The number of furan rings is 1. The van der Waals surface area contributed by atoms with Crippen LogP contribution in [0.1, 0.15) is 58.9 Å². The van der Waals surface area contributed by atoms with Gasteiger partial charge < -0.3 is 9.32 Å². The molecule has 0 unspecified atom stereocenters. The van der Waals surface area contributed by atoms with Crippen LogP contribution in [0.25, 0.3) is 0 Å². The van der Waals surface area contributed by atoms with E-state index in [1.807, 2.05) is 0 Å². The summed E-state index contributed by atoms with van der Waals surface area (Å²) in [6.07, 6.45) is 3.01. The SMILES string of the molecule is CCN(C(=O)c1oc2c(c1C)C(=O)CCC2)[C@@H](C)CS(C)(=O)=O. The maximum Gasteiger partial charge on any atom is 0.290 e. The summed E-state index contributed by atoms with van der Waals surface area (Å²) in [6.45, 7) is 5.58. The number of rotatable bonds is 5. The number of carbonyl (C=O) groups excluding carboxylic acids is 2. The van der Waals surface area contributed by atoms with Crippen molar-refractivity contribution in [3.8, 4) is 0 Å². The van der Waals surface area contributed by atoms with E-state index < -0.39 is 15.9 Å². The molecule has 0 aliphatic heterocycles. The van der Waals surface area contributed by atoms with Crippen molar-refractivity contribution in [1.82, 2.24) is 4.90 Å². The number of Topliss-reactive ketones (excluding diaryl/α,β-unsaturated/α-hetero) is 1. The summed E-state index contributed by atoms with van der Waals surface area (Å²) < 4.78 is 28.6. The summed E-state index contributed by atoms with van der Waals surface area (Å²) in [6, 6.07) is -0.459. The fourth-order valence-electron chi connectivity index (χ4n) is 3.17. The summed E-state index contributed by atoms with van der Waals surface area (Å²) in [5.41, 5.74) is 1.10. The van der Waals surface area contributed by atoms with Crippen molar-refractivity contribution in [2.75, 3.05) is 18.6 Å². The highest BCUT2D eigenvalue weighted by Crippen LogP contribution is 2.30. The second kappa shape index (κ2) is 6.47. The van der Waals surface area contributed by atoms with Crippen LogP contribution in [-0.2, 0) is 16.3 Å². The molecule has 0 bridgehead atoms. The molecule has 6 nitrogen and oxygen atoms in total. The van der Waals surface area contributed by atoms with Gasteiger partial charge in [0.25, 0.3) is 5.91 Å². The van der Waals surface area contributed by atoms with E-state index in [-0.39, 0.29) is 23.2 Å². The number of ketones is 1. The predicted molar refractivity (Wildman–Crippen MR) is 86.6 cm³/mol. The van der Waals surface area contributed by atoms with Crippen molar-refractivity contribution in [1.29, 1.82) is 0 Å². The lowest BCUT2D eigenvalue weighted by molar-refractivity contribution is 0.0683. The molecule has 0 fully saturated rings. The highest BCUT2D eigenvalue weighted by Gasteiger charge is 2.32. The molecule has 0 spiro atoms. The van der Waals surface area contributed by atoms with Gasteiger partial charge in [-0.05, 0) is 27.2 Å². The summed E-state index contributed by atoms with van der Waals surface area (Å²) in [5, 5.41) is 0. The Morgan fingerprint density at radius 2 is 2.00 bits per heavy atom. The molecule has 1 heterocycles. The topological polar surface area (TPSA) is 84.7 Å². The van der Waals surface area contributed by atoms with E-state index >= 15 is 0 Å². The van der Waals surface area contributed by atoms with E-state index in [2.05, 4.69) is 0 Å². The highest BCUT2D eigenvalue weighted by atomic mass is 32.2. The summed E-state index contributed by atoms with van der Waals surface area (Å²) >= 11 is 0. The molecule has 1 aromatic heterocycles. The van der Waals surface area contributed by atoms with Gasteiger partial charge in [0, 0.05) is 37.2 Å². The second-order valence-corrected chi connectivity index (χ2v) is 8.35. The summed E-state index contributed by atoms with van der Waals surface area (Å²) in [7, 11) is -3.19. The van der Waals surface area contributed by atoms with E-state index in [4.69, 9.17) is 4.42 Å². The van der Waals surface area contributed by atoms with Gasteiger partial charge in [-0.1, -0.05) is 0 Å². The Bertz CT molecular complexity index is 732. The number of nitrogens with zero attached hydrogens (tertiary/aromatic N) is 1. The average Bonchev–Trinajstić information content (AvgIpc) is 2.76. The molecular formula is C16H23NO5S. The maximum atomic E-state index is 12.8. The molecule has 23 heavy (non-hydrogen) atoms. The fraction of sp³-hybridized carbons (Fsp3) is 0.625. The largest absolute Gasteiger partial charge is 0.455 e. The van der Waals surface area contributed by atoms with Gasteiger partial charge in [0.2, 0.25) is 0 Å². The van der Waals surface area contributed by atoms with Gasteiger partial charge in [0.15, 0.2) is 11.5 Å². The second-order valence-electron chi connectivity index (χ2n) is 6.16. The van der Waals surface area contributed by atoms with Crippen LogP contribution in [-0.4, -0.2) is 49.6 Å². The first-order valence-electron chi connectivity index (χ1n) is 7.79. The van der Waals surface area contributed by atoms with Crippen LogP contribution >= 0.6 is 0 Å². The Morgan fingerprint density at radius 3 is 2.52 bits per heavy atom. The molecule has 2 rings (SSSR count). The number of hydrogen-bond donors (Lipinski definition) is 0. The summed E-state index contributed by atoms with van der Waals surface area (Å²) in [5.74, 6) is 0.286. The van der Waals surface area contributed by atoms with Crippen LogP contribution in [0, 0.1) is 6.92 Å².